The zero-order chi connectivity index (χ0) is 17.1. The van der Waals surface area contributed by atoms with Crippen molar-refractivity contribution in [3.63, 3.8) is 0 Å². The highest BCUT2D eigenvalue weighted by Gasteiger charge is 2.35. The highest BCUT2D eigenvalue weighted by molar-refractivity contribution is 7.99. The molecular weight excluding hydrogens is 326 g/mol. The summed E-state index contributed by atoms with van der Waals surface area (Å²) in [4.78, 5) is 26.7. The normalized spacial score (nSPS) is 18.8. The molecule has 1 aromatic carbocycles. The highest BCUT2D eigenvalue weighted by Crippen LogP contribution is 2.22. The van der Waals surface area contributed by atoms with E-state index in [1.165, 1.54) is 0 Å². The Kier molecular flexibility index (Phi) is 5.03. The van der Waals surface area contributed by atoms with Gasteiger partial charge in [-0.3, -0.25) is 9.59 Å². The fraction of sp³-hybridized carbons (Fsp3) is 0.500. The van der Waals surface area contributed by atoms with Crippen molar-refractivity contribution in [2.24, 2.45) is 0 Å². The smallest absolute Gasteiger partial charge is 0.245 e. The van der Waals surface area contributed by atoms with Crippen molar-refractivity contribution in [2.45, 2.75) is 38.9 Å². The van der Waals surface area contributed by atoms with Crippen LogP contribution in [0.1, 0.15) is 20.3 Å². The molecule has 1 fully saturated rings. The second kappa shape index (κ2) is 7.21. The van der Waals surface area contributed by atoms with Crippen molar-refractivity contribution in [1.82, 2.24) is 25.2 Å². The second-order valence-corrected chi connectivity index (χ2v) is 6.93. The fourth-order valence-corrected chi connectivity index (χ4v) is 3.78. The van der Waals surface area contributed by atoms with E-state index in [-0.39, 0.29) is 24.4 Å². The Morgan fingerprint density at radius 3 is 3.00 bits per heavy atom. The number of thioether (sulfide) groups is 1. The Morgan fingerprint density at radius 1 is 1.42 bits per heavy atom. The van der Waals surface area contributed by atoms with Gasteiger partial charge in [-0.25, -0.2) is 4.68 Å². The van der Waals surface area contributed by atoms with E-state index in [1.807, 2.05) is 38.1 Å². The Balaban J connectivity index is 1.70. The summed E-state index contributed by atoms with van der Waals surface area (Å²) in [6.07, 6.45) is 0.866. The summed E-state index contributed by atoms with van der Waals surface area (Å²) in [5, 5.41) is 11.1. The van der Waals surface area contributed by atoms with Crippen LogP contribution < -0.4 is 5.32 Å². The van der Waals surface area contributed by atoms with Gasteiger partial charge in [0.15, 0.2) is 0 Å². The largest absolute Gasteiger partial charge is 0.352 e. The number of amides is 2. The summed E-state index contributed by atoms with van der Waals surface area (Å²) in [6, 6.07) is 7.22. The molecule has 2 heterocycles. The molecule has 0 spiro atoms. The van der Waals surface area contributed by atoms with E-state index in [0.717, 1.165) is 17.5 Å². The molecule has 0 saturated carbocycles. The van der Waals surface area contributed by atoms with Crippen LogP contribution in [0.3, 0.4) is 0 Å². The number of benzene rings is 1. The highest BCUT2D eigenvalue weighted by atomic mass is 32.2. The molecule has 1 aliphatic heterocycles. The van der Waals surface area contributed by atoms with E-state index in [0.29, 0.717) is 11.6 Å². The van der Waals surface area contributed by atoms with Crippen molar-refractivity contribution >= 4 is 34.6 Å². The van der Waals surface area contributed by atoms with Crippen LogP contribution >= 0.6 is 11.8 Å². The fourth-order valence-electron chi connectivity index (χ4n) is 2.60. The number of nitrogens with zero attached hydrogens (tertiary/aromatic N) is 4. The molecule has 0 radical (unpaired) electrons. The van der Waals surface area contributed by atoms with Crippen LogP contribution in [-0.2, 0) is 16.1 Å². The van der Waals surface area contributed by atoms with E-state index in [1.54, 1.807) is 21.3 Å². The second-order valence-electron chi connectivity index (χ2n) is 5.93. The Labute approximate surface area is 144 Å². The van der Waals surface area contributed by atoms with E-state index >= 15 is 0 Å². The Morgan fingerprint density at radius 2 is 2.21 bits per heavy atom. The maximum atomic E-state index is 12.7. The quantitative estimate of drug-likeness (QED) is 0.880. The van der Waals surface area contributed by atoms with Crippen molar-refractivity contribution in [3.05, 3.63) is 24.3 Å². The minimum atomic E-state index is -0.411. The van der Waals surface area contributed by atoms with Crippen LogP contribution in [0, 0.1) is 0 Å². The van der Waals surface area contributed by atoms with E-state index < -0.39 is 6.04 Å². The predicted molar refractivity (Wildman–Crippen MR) is 93.4 cm³/mol. The molecule has 1 N–H and O–H groups in total. The molecule has 0 aliphatic carbocycles. The lowest BCUT2D eigenvalue weighted by Gasteiger charge is -2.24. The molecule has 2 atom stereocenters. The molecule has 128 valence electrons. The minimum Gasteiger partial charge on any atom is -0.352 e. The summed E-state index contributed by atoms with van der Waals surface area (Å²) in [5.41, 5.74) is 1.57. The minimum absolute atomic E-state index is 0.0776. The molecule has 24 heavy (non-hydrogen) atoms. The lowest BCUT2D eigenvalue weighted by Crippen LogP contribution is -2.50. The average molecular weight is 347 g/mol. The van der Waals surface area contributed by atoms with Gasteiger partial charge in [-0.15, -0.1) is 16.9 Å². The van der Waals surface area contributed by atoms with Gasteiger partial charge in [-0.2, -0.15) is 0 Å². The first-order chi connectivity index (χ1) is 11.6. The number of hydrogen-bond donors (Lipinski definition) is 1. The standard InChI is InChI=1S/C16H21N5O2S/c1-3-11(2)17-16(23)14-9-24-10-20(14)15(22)8-21-13-7-5-4-6-12(13)18-19-21/h4-7,11,14H,3,8-10H2,1-2H3,(H,17,23)/t11-,14+/m1/s1. The predicted octanol–water partition coefficient (Wildman–Crippen LogP) is 1.25. The summed E-state index contributed by atoms with van der Waals surface area (Å²) in [5.74, 6) is 0.974. The number of hydrogen-bond acceptors (Lipinski definition) is 5. The van der Waals surface area contributed by atoms with Crippen LogP contribution in [0.15, 0.2) is 24.3 Å². The van der Waals surface area contributed by atoms with Gasteiger partial charge in [0.25, 0.3) is 0 Å². The lowest BCUT2D eigenvalue weighted by atomic mass is 10.2. The molecule has 8 heteroatoms. The Hall–Kier alpha value is -2.09. The van der Waals surface area contributed by atoms with Gasteiger partial charge < -0.3 is 10.2 Å². The molecule has 3 rings (SSSR count). The van der Waals surface area contributed by atoms with Gasteiger partial charge in [0.2, 0.25) is 11.8 Å². The number of aromatic nitrogens is 3. The van der Waals surface area contributed by atoms with Gasteiger partial charge in [-0.1, -0.05) is 24.3 Å². The number of carbonyl (C=O) groups excluding carboxylic acids is 2. The van der Waals surface area contributed by atoms with E-state index in [9.17, 15) is 9.59 Å². The first kappa shape index (κ1) is 16.8. The van der Waals surface area contributed by atoms with Crippen LogP contribution in [0.4, 0.5) is 0 Å². The van der Waals surface area contributed by atoms with Crippen molar-refractivity contribution in [3.8, 4) is 0 Å². The summed E-state index contributed by atoms with van der Waals surface area (Å²) >= 11 is 1.60. The SMILES string of the molecule is CC[C@@H](C)NC(=O)[C@@H]1CSCN1C(=O)Cn1nnc2ccccc21. The first-order valence-corrected chi connectivity index (χ1v) is 9.21. The van der Waals surface area contributed by atoms with Gasteiger partial charge in [0.05, 0.1) is 11.4 Å². The first-order valence-electron chi connectivity index (χ1n) is 8.06. The number of fused-ring (bicyclic) bond motifs is 1. The maximum Gasteiger partial charge on any atom is 0.245 e. The van der Waals surface area contributed by atoms with E-state index in [2.05, 4.69) is 15.6 Å². The maximum absolute atomic E-state index is 12.7. The van der Waals surface area contributed by atoms with Crippen molar-refractivity contribution in [2.75, 3.05) is 11.6 Å². The monoisotopic (exact) mass is 347 g/mol. The third-order valence-corrected chi connectivity index (χ3v) is 5.22. The summed E-state index contributed by atoms with van der Waals surface area (Å²) in [7, 11) is 0. The molecule has 0 bridgehead atoms. The number of carbonyl (C=O) groups is 2. The molecule has 7 nitrogen and oxygen atoms in total. The molecule has 1 saturated heterocycles. The number of nitrogens with one attached hydrogen (secondary N) is 1. The third-order valence-electron chi connectivity index (χ3n) is 4.21. The third kappa shape index (κ3) is 3.38. The molecule has 1 aromatic heterocycles. The van der Waals surface area contributed by atoms with E-state index in [4.69, 9.17) is 0 Å². The van der Waals surface area contributed by atoms with Gasteiger partial charge in [0, 0.05) is 11.8 Å². The number of rotatable bonds is 5. The molecule has 2 aromatic rings. The summed E-state index contributed by atoms with van der Waals surface area (Å²) in [6.45, 7) is 4.08. The van der Waals surface area contributed by atoms with Gasteiger partial charge in [0.1, 0.15) is 18.1 Å². The zero-order valence-corrected chi connectivity index (χ0v) is 14.6. The van der Waals surface area contributed by atoms with Crippen molar-refractivity contribution in [1.29, 1.82) is 0 Å². The van der Waals surface area contributed by atoms with Crippen LogP contribution in [0.2, 0.25) is 0 Å². The zero-order valence-electron chi connectivity index (χ0n) is 13.8. The topological polar surface area (TPSA) is 80.1 Å². The van der Waals surface area contributed by atoms with Crippen molar-refractivity contribution < 1.29 is 9.59 Å². The van der Waals surface area contributed by atoms with Crippen LogP contribution in [-0.4, -0.2) is 55.4 Å². The lowest BCUT2D eigenvalue weighted by molar-refractivity contribution is -0.138. The number of para-hydroxylation sites is 1. The summed E-state index contributed by atoms with van der Waals surface area (Å²) < 4.78 is 1.59. The van der Waals surface area contributed by atoms with Gasteiger partial charge in [-0.05, 0) is 25.5 Å². The molecular formula is C16H21N5O2S. The molecule has 1 aliphatic rings. The Bertz CT molecular complexity index is 747. The van der Waals surface area contributed by atoms with Gasteiger partial charge >= 0.3 is 0 Å². The van der Waals surface area contributed by atoms with Crippen LogP contribution in [0.5, 0.6) is 0 Å². The molecule has 2 amide bonds. The average Bonchev–Trinajstić information content (AvgIpc) is 3.22. The molecule has 0 unspecified atom stereocenters. The van der Waals surface area contributed by atoms with Crippen LogP contribution in [0.25, 0.3) is 11.0 Å².